The number of rotatable bonds is 6. The predicted octanol–water partition coefficient (Wildman–Crippen LogP) is 3.46. The third-order valence-electron chi connectivity index (χ3n) is 5.79. The van der Waals surface area contributed by atoms with Crippen molar-refractivity contribution in [1.29, 1.82) is 0 Å². The summed E-state index contributed by atoms with van der Waals surface area (Å²) >= 11 is 0. The molecule has 0 saturated carbocycles. The van der Waals surface area contributed by atoms with Crippen molar-refractivity contribution in [3.8, 4) is 0 Å². The number of pyridine rings is 2. The van der Waals surface area contributed by atoms with Gasteiger partial charge in [-0.05, 0) is 55.5 Å². The lowest BCUT2D eigenvalue weighted by molar-refractivity contribution is -0.132. The Labute approximate surface area is 176 Å². The number of carbonyl (C=O) groups excluding carboxylic acids is 2. The fourth-order valence-corrected chi connectivity index (χ4v) is 4.22. The molecule has 30 heavy (non-hydrogen) atoms. The summed E-state index contributed by atoms with van der Waals surface area (Å²) in [7, 11) is 0. The van der Waals surface area contributed by atoms with Gasteiger partial charge in [-0.25, -0.2) is 0 Å². The van der Waals surface area contributed by atoms with E-state index in [1.807, 2.05) is 47.4 Å². The maximum Gasteiger partial charge on any atom is 0.250 e. The molecule has 6 heteroatoms. The highest BCUT2D eigenvalue weighted by molar-refractivity contribution is 5.97. The molecule has 1 aliphatic rings. The van der Waals surface area contributed by atoms with E-state index in [0.717, 1.165) is 48.8 Å². The van der Waals surface area contributed by atoms with Gasteiger partial charge in [0.2, 0.25) is 5.91 Å². The molecule has 1 aromatic carbocycles. The number of aromatic nitrogens is 2. The van der Waals surface area contributed by atoms with Crippen molar-refractivity contribution in [2.75, 3.05) is 13.1 Å². The molecule has 3 aromatic rings. The van der Waals surface area contributed by atoms with E-state index in [1.54, 1.807) is 12.4 Å². The number of likely N-dealkylation sites (tertiary alicyclic amines) is 1. The number of hydrogen-bond acceptors (Lipinski definition) is 4. The molecule has 6 nitrogen and oxygen atoms in total. The lowest BCUT2D eigenvalue weighted by Crippen LogP contribution is -2.39. The van der Waals surface area contributed by atoms with E-state index in [0.29, 0.717) is 18.5 Å². The van der Waals surface area contributed by atoms with Gasteiger partial charge in [-0.3, -0.25) is 19.6 Å². The molecule has 1 atom stereocenters. The van der Waals surface area contributed by atoms with Crippen LogP contribution in [0.15, 0.2) is 54.9 Å². The Morgan fingerprint density at radius 1 is 1.13 bits per heavy atom. The number of nitrogens with zero attached hydrogens (tertiary/aromatic N) is 3. The Kier molecular flexibility index (Phi) is 6.02. The summed E-state index contributed by atoms with van der Waals surface area (Å²) in [6.45, 7) is 1.34. The van der Waals surface area contributed by atoms with Crippen molar-refractivity contribution < 1.29 is 9.59 Å². The zero-order valence-corrected chi connectivity index (χ0v) is 17.0. The zero-order valence-electron chi connectivity index (χ0n) is 17.0. The molecule has 0 aliphatic carbocycles. The topological polar surface area (TPSA) is 89.2 Å². The second kappa shape index (κ2) is 9.03. The fraction of sp³-hybridized carbons (Fsp3) is 0.333. The predicted molar refractivity (Wildman–Crippen MR) is 116 cm³/mol. The van der Waals surface area contributed by atoms with Gasteiger partial charge in [-0.2, -0.15) is 0 Å². The lowest BCUT2D eigenvalue weighted by atomic mass is 9.90. The molecule has 0 bridgehead atoms. The number of amides is 2. The molecule has 1 aliphatic heterocycles. The van der Waals surface area contributed by atoms with Crippen LogP contribution in [0, 0.1) is 0 Å². The van der Waals surface area contributed by atoms with E-state index < -0.39 is 5.91 Å². The highest BCUT2D eigenvalue weighted by Gasteiger charge is 2.28. The number of aryl methyl sites for hydroxylation is 1. The van der Waals surface area contributed by atoms with Crippen LogP contribution in [0.25, 0.3) is 10.9 Å². The van der Waals surface area contributed by atoms with E-state index in [9.17, 15) is 9.59 Å². The molecule has 0 radical (unpaired) electrons. The van der Waals surface area contributed by atoms with Crippen LogP contribution in [0.3, 0.4) is 0 Å². The van der Waals surface area contributed by atoms with Crippen LogP contribution >= 0.6 is 0 Å². The van der Waals surface area contributed by atoms with Gasteiger partial charge >= 0.3 is 0 Å². The zero-order chi connectivity index (χ0) is 20.9. The average molecular weight is 402 g/mol. The van der Waals surface area contributed by atoms with Gasteiger partial charge in [0.25, 0.3) is 5.91 Å². The molecule has 154 valence electrons. The first-order chi connectivity index (χ1) is 14.6. The first kappa shape index (κ1) is 20.0. The smallest absolute Gasteiger partial charge is 0.250 e. The van der Waals surface area contributed by atoms with Gasteiger partial charge < -0.3 is 10.6 Å². The normalized spacial score (nSPS) is 16.5. The Morgan fingerprint density at radius 3 is 2.73 bits per heavy atom. The summed E-state index contributed by atoms with van der Waals surface area (Å²) < 4.78 is 0. The largest absolute Gasteiger partial charge is 0.366 e. The number of piperidine rings is 1. The average Bonchev–Trinajstić information content (AvgIpc) is 2.79. The van der Waals surface area contributed by atoms with Gasteiger partial charge in [0.05, 0.1) is 16.8 Å². The molecule has 3 heterocycles. The second-order valence-corrected chi connectivity index (χ2v) is 7.87. The van der Waals surface area contributed by atoms with Crippen LogP contribution in [-0.4, -0.2) is 39.8 Å². The summed E-state index contributed by atoms with van der Waals surface area (Å²) in [6.07, 6.45) is 7.54. The van der Waals surface area contributed by atoms with Gasteiger partial charge in [0, 0.05) is 43.2 Å². The molecular weight excluding hydrogens is 376 g/mol. The number of benzene rings is 1. The van der Waals surface area contributed by atoms with Gasteiger partial charge in [-0.1, -0.05) is 18.2 Å². The van der Waals surface area contributed by atoms with Crippen molar-refractivity contribution in [3.63, 3.8) is 0 Å². The van der Waals surface area contributed by atoms with Gasteiger partial charge in [0.15, 0.2) is 0 Å². The maximum absolute atomic E-state index is 12.8. The fourth-order valence-electron chi connectivity index (χ4n) is 4.22. The van der Waals surface area contributed by atoms with E-state index in [1.165, 1.54) is 5.56 Å². The molecule has 4 rings (SSSR count). The molecular formula is C24H26N4O2. The molecule has 2 amide bonds. The summed E-state index contributed by atoms with van der Waals surface area (Å²) in [4.78, 5) is 35.6. The van der Waals surface area contributed by atoms with Gasteiger partial charge in [0.1, 0.15) is 0 Å². The van der Waals surface area contributed by atoms with E-state index in [-0.39, 0.29) is 11.8 Å². The van der Waals surface area contributed by atoms with Crippen molar-refractivity contribution in [2.24, 2.45) is 5.73 Å². The SMILES string of the molecule is NC(=O)c1cc2ccccc2nc1C1CCCN(C(=O)CCCc2ccncc2)C1. The molecule has 1 saturated heterocycles. The van der Waals surface area contributed by atoms with Crippen LogP contribution in [0.2, 0.25) is 0 Å². The number of primary amides is 1. The van der Waals surface area contributed by atoms with Crippen LogP contribution in [-0.2, 0) is 11.2 Å². The van der Waals surface area contributed by atoms with Crippen molar-refractivity contribution in [3.05, 3.63) is 71.7 Å². The van der Waals surface area contributed by atoms with Crippen molar-refractivity contribution in [2.45, 2.75) is 38.0 Å². The van der Waals surface area contributed by atoms with Crippen LogP contribution in [0.1, 0.15) is 53.2 Å². The molecule has 2 aromatic heterocycles. The van der Waals surface area contributed by atoms with E-state index in [2.05, 4.69) is 4.98 Å². The number of carbonyl (C=O) groups is 2. The van der Waals surface area contributed by atoms with Crippen molar-refractivity contribution >= 4 is 22.7 Å². The Bertz CT molecular complexity index is 1050. The highest BCUT2D eigenvalue weighted by Crippen LogP contribution is 2.30. The third kappa shape index (κ3) is 4.48. The monoisotopic (exact) mass is 402 g/mol. The molecule has 1 fully saturated rings. The third-order valence-corrected chi connectivity index (χ3v) is 5.79. The number of para-hydroxylation sites is 1. The summed E-state index contributed by atoms with van der Waals surface area (Å²) in [5.74, 6) is -0.283. The minimum Gasteiger partial charge on any atom is -0.366 e. The van der Waals surface area contributed by atoms with E-state index >= 15 is 0 Å². The number of fused-ring (bicyclic) bond motifs is 1. The Hall–Kier alpha value is -3.28. The summed E-state index contributed by atoms with van der Waals surface area (Å²) in [6, 6.07) is 13.5. The molecule has 0 spiro atoms. The first-order valence-electron chi connectivity index (χ1n) is 10.5. The van der Waals surface area contributed by atoms with Crippen molar-refractivity contribution in [1.82, 2.24) is 14.9 Å². The van der Waals surface area contributed by atoms with E-state index in [4.69, 9.17) is 10.7 Å². The molecule has 1 unspecified atom stereocenters. The highest BCUT2D eigenvalue weighted by atomic mass is 16.2. The molecule has 2 N–H and O–H groups in total. The van der Waals surface area contributed by atoms with Crippen LogP contribution < -0.4 is 5.73 Å². The van der Waals surface area contributed by atoms with Crippen LogP contribution in [0.4, 0.5) is 0 Å². The minimum atomic E-state index is -0.468. The maximum atomic E-state index is 12.8. The summed E-state index contributed by atoms with van der Waals surface area (Å²) in [5.41, 5.74) is 8.89. The summed E-state index contributed by atoms with van der Waals surface area (Å²) in [5, 5.41) is 0.898. The Morgan fingerprint density at radius 2 is 1.93 bits per heavy atom. The second-order valence-electron chi connectivity index (χ2n) is 7.87. The quantitative estimate of drug-likeness (QED) is 0.684. The minimum absolute atomic E-state index is 0.0232. The lowest BCUT2D eigenvalue weighted by Gasteiger charge is -2.33. The first-order valence-corrected chi connectivity index (χ1v) is 10.5. The Balaban J connectivity index is 1.46. The van der Waals surface area contributed by atoms with Gasteiger partial charge in [-0.15, -0.1) is 0 Å². The number of hydrogen-bond donors (Lipinski definition) is 1. The number of nitrogens with two attached hydrogens (primary N) is 1. The standard InChI is InChI=1S/C24H26N4O2/c25-24(30)20-15-18-6-1-2-8-21(18)27-23(20)19-7-4-14-28(16-19)22(29)9-3-5-17-10-12-26-13-11-17/h1-2,6,8,10-13,15,19H,3-5,7,9,14,16H2,(H2,25,30). The van der Waals surface area contributed by atoms with Crippen LogP contribution in [0.5, 0.6) is 0 Å².